The van der Waals surface area contributed by atoms with Crippen molar-refractivity contribution in [1.82, 2.24) is 4.98 Å². The maximum Gasteiger partial charge on any atom is 0.305 e. The summed E-state index contributed by atoms with van der Waals surface area (Å²) in [6, 6.07) is 6.22. The Labute approximate surface area is 120 Å². The first-order valence-electron chi connectivity index (χ1n) is 7.09. The fourth-order valence-electron chi connectivity index (χ4n) is 2.26. The van der Waals surface area contributed by atoms with Crippen LogP contribution in [0.25, 0.3) is 0 Å². The highest BCUT2D eigenvalue weighted by atomic mass is 16.5. The largest absolute Gasteiger partial charge is 0.469 e. The van der Waals surface area contributed by atoms with Crippen LogP contribution in [-0.4, -0.2) is 18.1 Å². The van der Waals surface area contributed by atoms with Gasteiger partial charge in [0.15, 0.2) is 0 Å². The first kappa shape index (κ1) is 16.2. The van der Waals surface area contributed by atoms with E-state index in [9.17, 15) is 4.79 Å². The van der Waals surface area contributed by atoms with Gasteiger partial charge in [0, 0.05) is 25.2 Å². The molecule has 0 aliphatic heterocycles. The van der Waals surface area contributed by atoms with Gasteiger partial charge in [0.2, 0.25) is 0 Å². The van der Waals surface area contributed by atoms with Gasteiger partial charge in [0.05, 0.1) is 13.2 Å². The lowest BCUT2D eigenvalue weighted by atomic mass is 9.91. The minimum atomic E-state index is -0.156. The summed E-state index contributed by atoms with van der Waals surface area (Å²) >= 11 is 0. The van der Waals surface area contributed by atoms with E-state index in [-0.39, 0.29) is 5.97 Å². The summed E-state index contributed by atoms with van der Waals surface area (Å²) in [5.74, 6) is 0.329. The van der Waals surface area contributed by atoms with Crippen LogP contribution >= 0.6 is 0 Å². The number of ether oxygens (including phenoxy) is 1. The van der Waals surface area contributed by atoms with Gasteiger partial charge in [-0.2, -0.15) is 5.26 Å². The first-order chi connectivity index (χ1) is 9.76. The second-order valence-electron chi connectivity index (χ2n) is 4.93. The quantitative estimate of drug-likeness (QED) is 0.648. The molecule has 0 aliphatic carbocycles. The Morgan fingerprint density at radius 3 is 2.95 bits per heavy atom. The van der Waals surface area contributed by atoms with E-state index in [1.807, 2.05) is 12.3 Å². The van der Waals surface area contributed by atoms with Crippen molar-refractivity contribution in [3.8, 4) is 6.07 Å². The normalized spacial score (nSPS) is 11.6. The predicted octanol–water partition coefficient (Wildman–Crippen LogP) is 3.28. The van der Waals surface area contributed by atoms with Gasteiger partial charge in [0.1, 0.15) is 0 Å². The molecule has 0 spiro atoms. The van der Waals surface area contributed by atoms with E-state index in [1.165, 1.54) is 12.7 Å². The molecule has 0 fully saturated rings. The first-order valence-corrected chi connectivity index (χ1v) is 7.09. The van der Waals surface area contributed by atoms with Crippen molar-refractivity contribution in [2.45, 2.75) is 44.9 Å². The van der Waals surface area contributed by atoms with E-state index in [0.717, 1.165) is 32.1 Å². The summed E-state index contributed by atoms with van der Waals surface area (Å²) in [5.41, 5.74) is 1.22. The Kier molecular flexibility index (Phi) is 8.05. The third-order valence-electron chi connectivity index (χ3n) is 3.45. The second kappa shape index (κ2) is 9.96. The number of nitrogens with zero attached hydrogens (tertiary/aromatic N) is 2. The molecule has 0 aliphatic rings. The zero-order valence-electron chi connectivity index (χ0n) is 12.0. The number of hydrogen-bond acceptors (Lipinski definition) is 4. The van der Waals surface area contributed by atoms with Crippen LogP contribution in [0.2, 0.25) is 0 Å². The standard InChI is InChI=1S/C16H22N2O2/c1-20-16(19)8-2-5-14(6-3-11-17)9-10-15-7-4-12-18-13-15/h4,7,12-14H,2-3,5-6,8-10H2,1H3. The lowest BCUT2D eigenvalue weighted by molar-refractivity contribution is -0.140. The third-order valence-corrected chi connectivity index (χ3v) is 3.45. The van der Waals surface area contributed by atoms with E-state index in [1.54, 1.807) is 6.20 Å². The Morgan fingerprint density at radius 1 is 1.45 bits per heavy atom. The summed E-state index contributed by atoms with van der Waals surface area (Å²) in [6.07, 6.45) is 9.41. The van der Waals surface area contributed by atoms with Crippen molar-refractivity contribution < 1.29 is 9.53 Å². The molecule has 20 heavy (non-hydrogen) atoms. The molecule has 1 heterocycles. The Hall–Kier alpha value is -1.89. The highest BCUT2D eigenvalue weighted by Crippen LogP contribution is 2.21. The SMILES string of the molecule is COC(=O)CCCC(CCC#N)CCc1cccnc1. The van der Waals surface area contributed by atoms with Gasteiger partial charge in [0.25, 0.3) is 0 Å². The van der Waals surface area contributed by atoms with Gasteiger partial charge in [-0.15, -0.1) is 0 Å². The zero-order valence-corrected chi connectivity index (χ0v) is 12.0. The number of aryl methyl sites for hydroxylation is 1. The summed E-state index contributed by atoms with van der Waals surface area (Å²) < 4.78 is 4.64. The number of aromatic nitrogens is 1. The van der Waals surface area contributed by atoms with Crippen LogP contribution in [-0.2, 0) is 16.0 Å². The van der Waals surface area contributed by atoms with Crippen molar-refractivity contribution in [2.24, 2.45) is 5.92 Å². The number of hydrogen-bond donors (Lipinski definition) is 0. The van der Waals surface area contributed by atoms with Crippen molar-refractivity contribution in [3.63, 3.8) is 0 Å². The van der Waals surface area contributed by atoms with Crippen LogP contribution in [0.3, 0.4) is 0 Å². The minimum absolute atomic E-state index is 0.156. The van der Waals surface area contributed by atoms with Gasteiger partial charge < -0.3 is 4.74 Å². The molecular weight excluding hydrogens is 252 g/mol. The van der Waals surface area contributed by atoms with E-state index in [0.29, 0.717) is 18.8 Å². The lowest BCUT2D eigenvalue weighted by Crippen LogP contribution is -2.06. The Bertz CT molecular complexity index is 426. The number of carbonyl (C=O) groups excluding carboxylic acids is 1. The molecule has 4 heteroatoms. The Morgan fingerprint density at radius 2 is 2.30 bits per heavy atom. The topological polar surface area (TPSA) is 63.0 Å². The van der Waals surface area contributed by atoms with E-state index in [4.69, 9.17) is 5.26 Å². The van der Waals surface area contributed by atoms with Crippen LogP contribution in [0, 0.1) is 17.2 Å². The van der Waals surface area contributed by atoms with Gasteiger partial charge in [-0.1, -0.05) is 6.07 Å². The minimum Gasteiger partial charge on any atom is -0.469 e. The molecule has 1 atom stereocenters. The molecule has 0 amide bonds. The van der Waals surface area contributed by atoms with Crippen LogP contribution in [0.1, 0.15) is 44.1 Å². The van der Waals surface area contributed by atoms with Gasteiger partial charge in [-0.3, -0.25) is 9.78 Å². The molecule has 1 aromatic rings. The molecule has 0 saturated heterocycles. The average Bonchev–Trinajstić information content (AvgIpc) is 2.50. The molecule has 0 aromatic carbocycles. The highest BCUT2D eigenvalue weighted by Gasteiger charge is 2.10. The van der Waals surface area contributed by atoms with Crippen LogP contribution in [0.4, 0.5) is 0 Å². The van der Waals surface area contributed by atoms with Gasteiger partial charge in [-0.05, 0) is 49.7 Å². The zero-order chi connectivity index (χ0) is 14.6. The monoisotopic (exact) mass is 274 g/mol. The molecule has 0 bridgehead atoms. The van der Waals surface area contributed by atoms with Crippen molar-refractivity contribution in [3.05, 3.63) is 30.1 Å². The van der Waals surface area contributed by atoms with Crippen molar-refractivity contribution in [2.75, 3.05) is 7.11 Å². The van der Waals surface area contributed by atoms with Crippen LogP contribution in [0.15, 0.2) is 24.5 Å². The maximum absolute atomic E-state index is 11.1. The molecule has 4 nitrogen and oxygen atoms in total. The number of rotatable bonds is 9. The summed E-state index contributed by atoms with van der Waals surface area (Å²) in [7, 11) is 1.41. The molecule has 1 unspecified atom stereocenters. The van der Waals surface area contributed by atoms with Crippen molar-refractivity contribution >= 4 is 5.97 Å². The summed E-state index contributed by atoms with van der Waals surface area (Å²) in [5, 5.41) is 8.72. The number of esters is 1. The predicted molar refractivity (Wildman–Crippen MR) is 76.8 cm³/mol. The molecule has 0 saturated carbocycles. The van der Waals surface area contributed by atoms with Gasteiger partial charge >= 0.3 is 5.97 Å². The number of nitriles is 1. The van der Waals surface area contributed by atoms with E-state index in [2.05, 4.69) is 21.9 Å². The molecule has 0 radical (unpaired) electrons. The Balaban J connectivity index is 2.35. The summed E-state index contributed by atoms with van der Waals surface area (Å²) in [4.78, 5) is 15.2. The fraction of sp³-hybridized carbons (Fsp3) is 0.562. The number of pyridine rings is 1. The van der Waals surface area contributed by atoms with Crippen LogP contribution < -0.4 is 0 Å². The van der Waals surface area contributed by atoms with E-state index < -0.39 is 0 Å². The van der Waals surface area contributed by atoms with Gasteiger partial charge in [-0.25, -0.2) is 0 Å². The maximum atomic E-state index is 11.1. The molecule has 108 valence electrons. The highest BCUT2D eigenvalue weighted by molar-refractivity contribution is 5.68. The lowest BCUT2D eigenvalue weighted by Gasteiger charge is -2.15. The smallest absolute Gasteiger partial charge is 0.305 e. The molecular formula is C16H22N2O2. The van der Waals surface area contributed by atoms with Crippen LogP contribution in [0.5, 0.6) is 0 Å². The average molecular weight is 274 g/mol. The molecule has 1 aromatic heterocycles. The number of carbonyl (C=O) groups is 1. The van der Waals surface area contributed by atoms with Crippen molar-refractivity contribution in [1.29, 1.82) is 5.26 Å². The summed E-state index contributed by atoms with van der Waals surface area (Å²) in [6.45, 7) is 0. The third kappa shape index (κ3) is 6.89. The molecule has 0 N–H and O–H groups in total. The fourth-order valence-corrected chi connectivity index (χ4v) is 2.26. The second-order valence-corrected chi connectivity index (χ2v) is 4.93. The van der Waals surface area contributed by atoms with E-state index >= 15 is 0 Å². The number of methoxy groups -OCH3 is 1. The molecule has 1 rings (SSSR count).